The lowest BCUT2D eigenvalue weighted by molar-refractivity contribution is -0.400. The predicted molar refractivity (Wildman–Crippen MR) is 81.9 cm³/mol. The largest absolute Gasteiger partial charge is 0.493 e. The van der Waals surface area contributed by atoms with Crippen LogP contribution in [0, 0.1) is 5.92 Å². The molecule has 0 saturated heterocycles. The predicted octanol–water partition coefficient (Wildman–Crippen LogP) is 5.79. The summed E-state index contributed by atoms with van der Waals surface area (Å²) >= 11 is 0. The monoisotopic (exact) mass is 426 g/mol. The quantitative estimate of drug-likeness (QED) is 0.534. The van der Waals surface area contributed by atoms with E-state index < -0.39 is 41.5 Å². The third kappa shape index (κ3) is 4.84. The van der Waals surface area contributed by atoms with Crippen molar-refractivity contribution in [3.8, 4) is 5.75 Å². The normalized spacial score (nSPS) is 16.2. The summed E-state index contributed by atoms with van der Waals surface area (Å²) in [6.45, 7) is 4.59. The molecule has 1 atom stereocenters. The second-order valence-corrected chi connectivity index (χ2v) is 7.03. The van der Waals surface area contributed by atoms with E-state index in [4.69, 9.17) is 4.74 Å². The van der Waals surface area contributed by atoms with Crippen molar-refractivity contribution < 1.29 is 49.4 Å². The first kappa shape index (κ1) is 24.4. The number of benzene rings is 1. The Hall–Kier alpha value is -1.65. The summed E-state index contributed by atoms with van der Waals surface area (Å²) in [6, 6.07) is 4.47. The molecule has 2 nitrogen and oxygen atoms in total. The summed E-state index contributed by atoms with van der Waals surface area (Å²) in [5.41, 5.74) is -3.22. The molecule has 0 aliphatic rings. The van der Waals surface area contributed by atoms with E-state index in [1.165, 1.54) is 12.1 Å². The number of rotatable bonds is 8. The average Bonchev–Trinajstić information content (AvgIpc) is 2.50. The van der Waals surface area contributed by atoms with Gasteiger partial charge in [-0.2, -0.15) is 39.5 Å². The maximum absolute atomic E-state index is 13.8. The minimum atomic E-state index is -6.99. The fourth-order valence-electron chi connectivity index (χ4n) is 2.23. The van der Waals surface area contributed by atoms with E-state index in [0.717, 1.165) is 12.1 Å². The van der Waals surface area contributed by atoms with Gasteiger partial charge in [-0.25, -0.2) is 0 Å². The molecule has 0 spiro atoms. The zero-order valence-corrected chi connectivity index (χ0v) is 15.1. The molecular formula is C17H19F9O2. The van der Waals surface area contributed by atoms with Crippen LogP contribution in [0.3, 0.4) is 0 Å². The molecule has 162 valence electrons. The van der Waals surface area contributed by atoms with Crippen LogP contribution in [-0.2, 0) is 5.60 Å². The second-order valence-electron chi connectivity index (χ2n) is 7.03. The Kier molecular flexibility index (Phi) is 6.66. The van der Waals surface area contributed by atoms with Crippen LogP contribution in [0.15, 0.2) is 24.3 Å². The number of hydrogen-bond donors (Lipinski definition) is 1. The van der Waals surface area contributed by atoms with E-state index in [-0.39, 0.29) is 11.7 Å². The molecule has 0 aromatic heterocycles. The van der Waals surface area contributed by atoms with Crippen molar-refractivity contribution in [2.75, 3.05) is 6.61 Å². The molecule has 1 N–H and O–H groups in total. The molecule has 1 aromatic rings. The van der Waals surface area contributed by atoms with Crippen molar-refractivity contribution >= 4 is 0 Å². The van der Waals surface area contributed by atoms with Crippen molar-refractivity contribution in [3.63, 3.8) is 0 Å². The van der Waals surface area contributed by atoms with E-state index >= 15 is 0 Å². The van der Waals surface area contributed by atoms with Crippen LogP contribution in [0.2, 0.25) is 0 Å². The summed E-state index contributed by atoms with van der Waals surface area (Å²) in [4.78, 5) is 0. The summed E-state index contributed by atoms with van der Waals surface area (Å²) in [5.74, 6) is -19.2. The van der Waals surface area contributed by atoms with Crippen LogP contribution in [0.25, 0.3) is 0 Å². The molecule has 0 fully saturated rings. The molecule has 11 heteroatoms. The van der Waals surface area contributed by atoms with Gasteiger partial charge in [-0.05, 0) is 30.5 Å². The van der Waals surface area contributed by atoms with E-state index in [1.807, 2.05) is 13.8 Å². The van der Waals surface area contributed by atoms with Gasteiger partial charge in [0.2, 0.25) is 0 Å². The topological polar surface area (TPSA) is 29.5 Å². The standard InChI is InChI=1S/C17H19F9O2/c1-10(2)8-28-12-6-4-11(5-7-12)13(3,27)9-14(18,19)15(20,21)16(22,23)17(24,25)26/h4-7,10,27H,8-9H2,1-3H3. The van der Waals surface area contributed by atoms with E-state index in [1.54, 1.807) is 0 Å². The Morgan fingerprint density at radius 2 is 1.32 bits per heavy atom. The van der Waals surface area contributed by atoms with E-state index in [2.05, 4.69) is 0 Å². The highest BCUT2D eigenvalue weighted by molar-refractivity contribution is 5.31. The molecule has 1 unspecified atom stereocenters. The number of ether oxygens (including phenoxy) is 1. The van der Waals surface area contributed by atoms with Crippen molar-refractivity contribution in [2.45, 2.75) is 56.7 Å². The lowest BCUT2D eigenvalue weighted by Crippen LogP contribution is -2.62. The van der Waals surface area contributed by atoms with Gasteiger partial charge < -0.3 is 9.84 Å². The molecule has 0 aliphatic heterocycles. The van der Waals surface area contributed by atoms with E-state index in [0.29, 0.717) is 13.5 Å². The molecule has 0 aliphatic carbocycles. The number of hydrogen-bond acceptors (Lipinski definition) is 2. The van der Waals surface area contributed by atoms with E-state index in [9.17, 15) is 44.6 Å². The van der Waals surface area contributed by atoms with Gasteiger partial charge >= 0.3 is 23.9 Å². The smallest absolute Gasteiger partial charge is 0.460 e. The van der Waals surface area contributed by atoms with Gasteiger partial charge in [-0.1, -0.05) is 26.0 Å². The lowest BCUT2D eigenvalue weighted by Gasteiger charge is -2.37. The Balaban J connectivity index is 3.09. The highest BCUT2D eigenvalue weighted by Gasteiger charge is 2.81. The van der Waals surface area contributed by atoms with Crippen LogP contribution in [-0.4, -0.2) is 35.7 Å². The fourth-order valence-corrected chi connectivity index (χ4v) is 2.23. The fraction of sp³-hybridized carbons (Fsp3) is 0.647. The maximum atomic E-state index is 13.8. The van der Waals surface area contributed by atoms with Crippen molar-refractivity contribution in [1.82, 2.24) is 0 Å². The van der Waals surface area contributed by atoms with Gasteiger partial charge in [0.25, 0.3) is 0 Å². The van der Waals surface area contributed by atoms with Gasteiger partial charge in [0.1, 0.15) is 5.75 Å². The molecule has 0 radical (unpaired) electrons. The van der Waals surface area contributed by atoms with Crippen molar-refractivity contribution in [1.29, 1.82) is 0 Å². The number of aliphatic hydroxyl groups is 1. The second kappa shape index (κ2) is 7.64. The molecule has 1 rings (SSSR count). The highest BCUT2D eigenvalue weighted by atomic mass is 19.4. The first-order chi connectivity index (χ1) is 12.3. The van der Waals surface area contributed by atoms with Crippen LogP contribution in [0.4, 0.5) is 39.5 Å². The number of alkyl halides is 9. The average molecular weight is 426 g/mol. The molecular weight excluding hydrogens is 407 g/mol. The maximum Gasteiger partial charge on any atom is 0.460 e. The molecule has 0 heterocycles. The first-order valence-electron chi connectivity index (χ1n) is 8.01. The van der Waals surface area contributed by atoms with Crippen LogP contribution >= 0.6 is 0 Å². The van der Waals surface area contributed by atoms with Gasteiger partial charge in [0, 0.05) is 0 Å². The minimum Gasteiger partial charge on any atom is -0.493 e. The van der Waals surface area contributed by atoms with Crippen molar-refractivity contribution in [2.24, 2.45) is 5.92 Å². The summed E-state index contributed by atoms with van der Waals surface area (Å²) in [5, 5.41) is 10.1. The zero-order chi connectivity index (χ0) is 22.2. The van der Waals surface area contributed by atoms with Gasteiger partial charge in [0.15, 0.2) is 0 Å². The first-order valence-corrected chi connectivity index (χ1v) is 8.01. The Morgan fingerprint density at radius 3 is 1.71 bits per heavy atom. The summed E-state index contributed by atoms with van der Waals surface area (Å²) in [7, 11) is 0. The van der Waals surface area contributed by atoms with Crippen molar-refractivity contribution in [3.05, 3.63) is 29.8 Å². The Morgan fingerprint density at radius 1 is 0.857 bits per heavy atom. The van der Waals surface area contributed by atoms with Gasteiger partial charge in [-0.15, -0.1) is 0 Å². The summed E-state index contributed by atoms with van der Waals surface area (Å²) in [6.07, 6.45) is -9.27. The van der Waals surface area contributed by atoms with Gasteiger partial charge in [-0.3, -0.25) is 0 Å². The minimum absolute atomic E-state index is 0.152. The molecule has 0 amide bonds. The van der Waals surface area contributed by atoms with Gasteiger partial charge in [0.05, 0.1) is 18.6 Å². The zero-order valence-electron chi connectivity index (χ0n) is 15.1. The molecule has 28 heavy (non-hydrogen) atoms. The third-order valence-electron chi connectivity index (χ3n) is 3.84. The van der Waals surface area contributed by atoms with Crippen LogP contribution < -0.4 is 4.74 Å². The molecule has 0 saturated carbocycles. The van der Waals surface area contributed by atoms with Crippen LogP contribution in [0.5, 0.6) is 5.75 Å². The van der Waals surface area contributed by atoms with Crippen LogP contribution in [0.1, 0.15) is 32.8 Å². The Labute approximate surface area is 155 Å². The Bertz CT molecular complexity index is 650. The summed E-state index contributed by atoms with van der Waals surface area (Å²) < 4.78 is 122. The lowest BCUT2D eigenvalue weighted by atomic mass is 9.86. The molecule has 0 bridgehead atoms. The SMILES string of the molecule is CC(C)COc1ccc(C(C)(O)CC(F)(F)C(F)(F)C(F)(F)C(F)(F)F)cc1. The molecule has 1 aromatic carbocycles. The third-order valence-corrected chi connectivity index (χ3v) is 3.84. The number of halogens is 9. The highest BCUT2D eigenvalue weighted by Crippen LogP contribution is 2.55.